The van der Waals surface area contributed by atoms with Crippen molar-refractivity contribution >= 4 is 27.3 Å². The Bertz CT molecular complexity index is 627. The number of nitriles is 1. The van der Waals surface area contributed by atoms with E-state index in [0.717, 1.165) is 21.4 Å². The van der Waals surface area contributed by atoms with Gasteiger partial charge in [-0.2, -0.15) is 5.26 Å². The number of halogens is 1. The van der Waals surface area contributed by atoms with Crippen LogP contribution in [0.3, 0.4) is 0 Å². The van der Waals surface area contributed by atoms with Crippen molar-refractivity contribution in [3.05, 3.63) is 57.6 Å². The first-order valence-corrected chi connectivity index (χ1v) is 6.43. The van der Waals surface area contributed by atoms with E-state index in [2.05, 4.69) is 40.3 Å². The molecule has 0 saturated carbocycles. The van der Waals surface area contributed by atoms with Crippen LogP contribution >= 0.6 is 15.9 Å². The summed E-state index contributed by atoms with van der Waals surface area (Å²) in [5.41, 5.74) is 4.94. The minimum atomic E-state index is 0.716. The van der Waals surface area contributed by atoms with Crippen LogP contribution in [0.1, 0.15) is 16.7 Å². The molecule has 3 heteroatoms. The molecule has 0 saturated heterocycles. The van der Waals surface area contributed by atoms with Gasteiger partial charge in [-0.05, 0) is 61.4 Å². The highest BCUT2D eigenvalue weighted by Gasteiger charge is 2.02. The maximum absolute atomic E-state index is 8.90. The monoisotopic (exact) mass is 300 g/mol. The molecule has 90 valence electrons. The molecule has 0 amide bonds. The molecular weight excluding hydrogens is 288 g/mol. The molecule has 2 rings (SSSR count). The van der Waals surface area contributed by atoms with Crippen molar-refractivity contribution in [3.8, 4) is 6.07 Å². The van der Waals surface area contributed by atoms with Crippen LogP contribution in [0.2, 0.25) is 0 Å². The van der Waals surface area contributed by atoms with Gasteiger partial charge in [0.05, 0.1) is 11.6 Å². The van der Waals surface area contributed by atoms with Gasteiger partial charge in [-0.3, -0.25) is 0 Å². The number of rotatable bonds is 2. The second-order valence-corrected chi connectivity index (χ2v) is 5.14. The zero-order chi connectivity index (χ0) is 13.1. The van der Waals surface area contributed by atoms with E-state index in [1.807, 2.05) is 37.3 Å². The van der Waals surface area contributed by atoms with Crippen molar-refractivity contribution in [1.29, 1.82) is 5.26 Å². The molecule has 2 nitrogen and oxygen atoms in total. The second-order valence-electron chi connectivity index (χ2n) is 4.23. The molecule has 0 aliphatic carbocycles. The van der Waals surface area contributed by atoms with Crippen molar-refractivity contribution in [2.24, 2.45) is 0 Å². The van der Waals surface area contributed by atoms with Gasteiger partial charge < -0.3 is 5.32 Å². The summed E-state index contributed by atoms with van der Waals surface area (Å²) < 4.78 is 1.07. The largest absolute Gasteiger partial charge is 0.355 e. The summed E-state index contributed by atoms with van der Waals surface area (Å²) in [6, 6.07) is 14.0. The fraction of sp³-hybridized carbons (Fsp3) is 0.133. The van der Waals surface area contributed by atoms with E-state index in [1.54, 1.807) is 0 Å². The molecule has 0 fully saturated rings. The van der Waals surface area contributed by atoms with Gasteiger partial charge in [0, 0.05) is 15.8 Å². The summed E-state index contributed by atoms with van der Waals surface area (Å²) in [7, 11) is 0. The molecule has 2 aromatic rings. The smallest absolute Gasteiger partial charge is 0.0994 e. The number of nitrogens with one attached hydrogen (secondary N) is 1. The zero-order valence-electron chi connectivity index (χ0n) is 10.3. The van der Waals surface area contributed by atoms with Gasteiger partial charge in [0.15, 0.2) is 0 Å². The average Bonchev–Trinajstić information content (AvgIpc) is 2.33. The van der Waals surface area contributed by atoms with E-state index in [9.17, 15) is 0 Å². The molecular formula is C15H13BrN2. The quantitative estimate of drug-likeness (QED) is 0.874. The van der Waals surface area contributed by atoms with E-state index in [4.69, 9.17) is 5.26 Å². The molecule has 0 radical (unpaired) electrons. The predicted molar refractivity (Wildman–Crippen MR) is 78.1 cm³/mol. The first kappa shape index (κ1) is 12.7. The number of nitrogens with zero attached hydrogens (tertiary/aromatic N) is 1. The minimum absolute atomic E-state index is 0.716. The molecule has 0 aliphatic rings. The van der Waals surface area contributed by atoms with Crippen LogP contribution in [-0.4, -0.2) is 0 Å². The standard InChI is InChI=1S/C15H13BrN2/c1-10-8-14(5-3-12(10)9-17)18-15-6-4-13(16)7-11(15)2/h3-8,18H,1-2H3. The first-order valence-electron chi connectivity index (χ1n) is 5.64. The molecule has 2 aromatic carbocycles. The van der Waals surface area contributed by atoms with Gasteiger partial charge in [0.2, 0.25) is 0 Å². The molecule has 0 atom stereocenters. The summed E-state index contributed by atoms with van der Waals surface area (Å²) in [6.45, 7) is 4.00. The summed E-state index contributed by atoms with van der Waals surface area (Å²) >= 11 is 3.45. The Labute approximate surface area is 115 Å². The third kappa shape index (κ3) is 2.72. The van der Waals surface area contributed by atoms with E-state index in [0.29, 0.717) is 5.56 Å². The van der Waals surface area contributed by atoms with E-state index in [1.165, 1.54) is 5.56 Å². The molecule has 1 N–H and O–H groups in total. The first-order chi connectivity index (χ1) is 8.60. The van der Waals surface area contributed by atoms with Crippen LogP contribution in [0.4, 0.5) is 11.4 Å². The molecule has 18 heavy (non-hydrogen) atoms. The fourth-order valence-corrected chi connectivity index (χ4v) is 2.27. The van der Waals surface area contributed by atoms with Crippen LogP contribution in [-0.2, 0) is 0 Å². The third-order valence-electron chi connectivity index (χ3n) is 2.81. The van der Waals surface area contributed by atoms with Crippen LogP contribution in [0, 0.1) is 25.2 Å². The zero-order valence-corrected chi connectivity index (χ0v) is 11.9. The highest BCUT2D eigenvalue weighted by molar-refractivity contribution is 9.10. The highest BCUT2D eigenvalue weighted by atomic mass is 79.9. The van der Waals surface area contributed by atoms with Crippen molar-refractivity contribution in [2.75, 3.05) is 5.32 Å². The number of benzene rings is 2. The molecule has 0 bridgehead atoms. The van der Waals surface area contributed by atoms with Gasteiger partial charge in [-0.15, -0.1) is 0 Å². The normalized spacial score (nSPS) is 9.89. The van der Waals surface area contributed by atoms with Gasteiger partial charge in [0.1, 0.15) is 0 Å². The lowest BCUT2D eigenvalue weighted by Crippen LogP contribution is -1.94. The van der Waals surface area contributed by atoms with Gasteiger partial charge in [0.25, 0.3) is 0 Å². The number of hydrogen-bond donors (Lipinski definition) is 1. The topological polar surface area (TPSA) is 35.8 Å². The molecule has 0 unspecified atom stereocenters. The van der Waals surface area contributed by atoms with Crippen LogP contribution in [0.5, 0.6) is 0 Å². The summed E-state index contributed by atoms with van der Waals surface area (Å²) in [6.07, 6.45) is 0. The van der Waals surface area contributed by atoms with Gasteiger partial charge in [-0.25, -0.2) is 0 Å². The fourth-order valence-electron chi connectivity index (χ4n) is 1.79. The van der Waals surface area contributed by atoms with E-state index >= 15 is 0 Å². The Morgan fingerprint density at radius 3 is 2.44 bits per heavy atom. The summed E-state index contributed by atoms with van der Waals surface area (Å²) in [5, 5.41) is 12.3. The van der Waals surface area contributed by atoms with Crippen LogP contribution < -0.4 is 5.32 Å². The number of anilines is 2. The molecule has 0 heterocycles. The SMILES string of the molecule is Cc1cc(Nc2ccc(Br)cc2C)ccc1C#N. The summed E-state index contributed by atoms with van der Waals surface area (Å²) in [5.74, 6) is 0. The minimum Gasteiger partial charge on any atom is -0.355 e. The Balaban J connectivity index is 2.29. The molecule has 0 spiro atoms. The van der Waals surface area contributed by atoms with Crippen LogP contribution in [0.25, 0.3) is 0 Å². The van der Waals surface area contributed by atoms with Crippen molar-refractivity contribution in [3.63, 3.8) is 0 Å². The Hall–Kier alpha value is -1.79. The molecule has 0 aromatic heterocycles. The second kappa shape index (κ2) is 5.24. The van der Waals surface area contributed by atoms with Gasteiger partial charge in [-0.1, -0.05) is 15.9 Å². The number of hydrogen-bond acceptors (Lipinski definition) is 2. The third-order valence-corrected chi connectivity index (χ3v) is 3.31. The Morgan fingerprint density at radius 1 is 1.06 bits per heavy atom. The lowest BCUT2D eigenvalue weighted by Gasteiger charge is -2.11. The lowest BCUT2D eigenvalue weighted by molar-refractivity contribution is 1.37. The van der Waals surface area contributed by atoms with Crippen LogP contribution in [0.15, 0.2) is 40.9 Å². The van der Waals surface area contributed by atoms with E-state index < -0.39 is 0 Å². The van der Waals surface area contributed by atoms with Crippen molar-refractivity contribution in [2.45, 2.75) is 13.8 Å². The van der Waals surface area contributed by atoms with Crippen molar-refractivity contribution in [1.82, 2.24) is 0 Å². The maximum Gasteiger partial charge on any atom is 0.0994 e. The average molecular weight is 301 g/mol. The number of aryl methyl sites for hydroxylation is 2. The molecule has 0 aliphatic heterocycles. The van der Waals surface area contributed by atoms with E-state index in [-0.39, 0.29) is 0 Å². The lowest BCUT2D eigenvalue weighted by atomic mass is 10.1. The Kier molecular flexibility index (Phi) is 3.69. The predicted octanol–water partition coefficient (Wildman–Crippen LogP) is 4.68. The summed E-state index contributed by atoms with van der Waals surface area (Å²) in [4.78, 5) is 0. The van der Waals surface area contributed by atoms with Crippen molar-refractivity contribution < 1.29 is 0 Å². The maximum atomic E-state index is 8.90. The van der Waals surface area contributed by atoms with Gasteiger partial charge >= 0.3 is 0 Å². The highest BCUT2D eigenvalue weighted by Crippen LogP contribution is 2.24. The Morgan fingerprint density at radius 2 is 1.83 bits per heavy atom.